The number of nitrogens with zero attached hydrogens (tertiary/aromatic N) is 2. The van der Waals surface area contributed by atoms with Crippen molar-refractivity contribution in [3.05, 3.63) is 255 Å². The molecule has 0 radical (unpaired) electrons. The monoisotopic (exact) mass is 814 g/mol. The summed E-state index contributed by atoms with van der Waals surface area (Å²) in [5.41, 5.74) is 16.3. The van der Waals surface area contributed by atoms with Gasteiger partial charge >= 0.3 is 0 Å². The summed E-state index contributed by atoms with van der Waals surface area (Å²) in [6.45, 7) is 0. The Bertz CT molecular complexity index is 3640. The molecule has 0 aliphatic rings. The highest BCUT2D eigenvalue weighted by molar-refractivity contribution is 6.16. The Morgan fingerprint density at radius 1 is 0.297 bits per heavy atom. The average Bonchev–Trinajstić information content (AvgIpc) is 3.72. The highest BCUT2D eigenvalue weighted by Crippen LogP contribution is 2.47. The molecule has 2 heteroatoms. The van der Waals surface area contributed by atoms with Crippen LogP contribution in [0.1, 0.15) is 0 Å². The molecule has 0 N–H and O–H groups in total. The van der Waals surface area contributed by atoms with E-state index in [4.69, 9.17) is 0 Å². The molecule has 0 unspecified atom stereocenters. The summed E-state index contributed by atoms with van der Waals surface area (Å²) in [4.78, 5) is 2.44. The van der Waals surface area contributed by atoms with E-state index >= 15 is 0 Å². The molecule has 12 aromatic rings. The van der Waals surface area contributed by atoms with E-state index in [1.165, 1.54) is 87.9 Å². The lowest BCUT2D eigenvalue weighted by molar-refractivity contribution is 1.18. The lowest BCUT2D eigenvalue weighted by Gasteiger charge is -2.29. The Hall–Kier alpha value is -8.46. The molecule has 300 valence electrons. The lowest BCUT2D eigenvalue weighted by Crippen LogP contribution is -2.11. The number of aromatic nitrogens is 1. The van der Waals surface area contributed by atoms with Crippen molar-refractivity contribution in [2.24, 2.45) is 0 Å². The topological polar surface area (TPSA) is 8.17 Å². The molecule has 0 saturated heterocycles. The lowest BCUT2D eigenvalue weighted by atomic mass is 9.90. The van der Waals surface area contributed by atoms with Gasteiger partial charge in [-0.05, 0) is 127 Å². The Labute approximate surface area is 373 Å². The van der Waals surface area contributed by atoms with Crippen LogP contribution >= 0.6 is 0 Å². The molecule has 0 bridgehead atoms. The fourth-order valence-electron chi connectivity index (χ4n) is 9.74. The van der Waals surface area contributed by atoms with Gasteiger partial charge in [0.05, 0.1) is 16.7 Å². The first kappa shape index (κ1) is 37.3. The third-order valence-corrected chi connectivity index (χ3v) is 12.8. The van der Waals surface area contributed by atoms with Gasteiger partial charge < -0.3 is 9.47 Å². The number of rotatable bonds is 8. The first-order chi connectivity index (χ1) is 31.7. The van der Waals surface area contributed by atoms with Crippen LogP contribution in [0.3, 0.4) is 0 Å². The van der Waals surface area contributed by atoms with E-state index in [1.54, 1.807) is 0 Å². The number of benzene rings is 11. The highest BCUT2D eigenvalue weighted by Gasteiger charge is 2.22. The molecule has 0 aliphatic carbocycles. The van der Waals surface area contributed by atoms with Gasteiger partial charge in [-0.15, -0.1) is 0 Å². The summed E-state index contributed by atoms with van der Waals surface area (Å²) in [5.74, 6) is 0. The van der Waals surface area contributed by atoms with E-state index in [1.807, 2.05) is 0 Å². The van der Waals surface area contributed by atoms with Gasteiger partial charge in [0.25, 0.3) is 0 Å². The summed E-state index contributed by atoms with van der Waals surface area (Å²) in [6, 6.07) is 92.8. The van der Waals surface area contributed by atoms with Crippen molar-refractivity contribution in [1.29, 1.82) is 0 Å². The van der Waals surface area contributed by atoms with Crippen LogP contribution in [0, 0.1) is 0 Å². The maximum Gasteiger partial charge on any atom is 0.0547 e. The summed E-state index contributed by atoms with van der Waals surface area (Å²) in [6.07, 6.45) is 0. The number of anilines is 3. The molecule has 1 heterocycles. The van der Waals surface area contributed by atoms with Crippen molar-refractivity contribution in [2.75, 3.05) is 4.90 Å². The van der Waals surface area contributed by atoms with Crippen molar-refractivity contribution in [3.8, 4) is 50.2 Å². The standard InChI is InChI=1S/C62H42N2/c1-3-15-43(16-4-1)46-33-37-53(38-34-46)63(54-39-35-47(36-40-54)55-24-13-28-60-62(55)57-23-11-12-26-58(57)64(60)52-21-5-2-6-22-52)59-27-14-25-56(50-31-29-44-17-7-9-19-48(44)41-50)61(59)51-32-30-45-18-8-10-20-49(45)42-51/h1-42H. The van der Waals surface area contributed by atoms with Gasteiger partial charge in [0.1, 0.15) is 0 Å². The fourth-order valence-corrected chi connectivity index (χ4v) is 9.74. The zero-order chi connectivity index (χ0) is 42.4. The number of hydrogen-bond acceptors (Lipinski definition) is 1. The van der Waals surface area contributed by atoms with Crippen molar-refractivity contribution in [3.63, 3.8) is 0 Å². The van der Waals surface area contributed by atoms with Gasteiger partial charge in [0.2, 0.25) is 0 Å². The van der Waals surface area contributed by atoms with E-state index in [0.717, 1.165) is 22.7 Å². The van der Waals surface area contributed by atoms with Gasteiger partial charge in [0.15, 0.2) is 0 Å². The van der Waals surface area contributed by atoms with Gasteiger partial charge in [-0.1, -0.05) is 188 Å². The highest BCUT2D eigenvalue weighted by atomic mass is 15.1. The first-order valence-electron chi connectivity index (χ1n) is 22.0. The van der Waals surface area contributed by atoms with Crippen LogP contribution in [0.2, 0.25) is 0 Å². The summed E-state index contributed by atoms with van der Waals surface area (Å²) in [7, 11) is 0. The zero-order valence-corrected chi connectivity index (χ0v) is 35.1. The molecule has 1 aromatic heterocycles. The SMILES string of the molecule is c1ccc(-c2ccc(N(c3ccc(-c4cccc5c4c4ccccc4n5-c4ccccc4)cc3)c3cccc(-c4ccc5ccccc5c4)c3-c3ccc4ccccc4c3)cc2)cc1. The van der Waals surface area contributed by atoms with Crippen LogP contribution in [0.25, 0.3) is 93.5 Å². The molecule has 0 fully saturated rings. The minimum Gasteiger partial charge on any atom is -0.310 e. The van der Waals surface area contributed by atoms with Crippen molar-refractivity contribution in [1.82, 2.24) is 4.57 Å². The Balaban J connectivity index is 1.06. The molecule has 0 saturated carbocycles. The Morgan fingerprint density at radius 2 is 0.797 bits per heavy atom. The molecule has 12 rings (SSSR count). The second kappa shape index (κ2) is 15.8. The number of hydrogen-bond donors (Lipinski definition) is 0. The van der Waals surface area contributed by atoms with Crippen molar-refractivity contribution in [2.45, 2.75) is 0 Å². The van der Waals surface area contributed by atoms with Gasteiger partial charge in [0, 0.05) is 33.4 Å². The first-order valence-corrected chi connectivity index (χ1v) is 22.0. The molecule has 0 amide bonds. The predicted molar refractivity (Wildman–Crippen MR) is 272 cm³/mol. The van der Waals surface area contributed by atoms with Gasteiger partial charge in [-0.2, -0.15) is 0 Å². The smallest absolute Gasteiger partial charge is 0.0547 e. The van der Waals surface area contributed by atoms with Crippen molar-refractivity contribution < 1.29 is 0 Å². The quantitative estimate of drug-likeness (QED) is 0.148. The normalized spacial score (nSPS) is 11.4. The van der Waals surface area contributed by atoms with Crippen LogP contribution in [-0.4, -0.2) is 4.57 Å². The summed E-state index contributed by atoms with van der Waals surface area (Å²) >= 11 is 0. The van der Waals surface area contributed by atoms with Crippen LogP contribution in [0.5, 0.6) is 0 Å². The van der Waals surface area contributed by atoms with E-state index in [0.29, 0.717) is 0 Å². The van der Waals surface area contributed by atoms with Crippen LogP contribution in [-0.2, 0) is 0 Å². The zero-order valence-electron chi connectivity index (χ0n) is 35.1. The van der Waals surface area contributed by atoms with Crippen LogP contribution < -0.4 is 4.90 Å². The molecular weight excluding hydrogens is 773 g/mol. The van der Waals surface area contributed by atoms with Gasteiger partial charge in [-0.3, -0.25) is 0 Å². The van der Waals surface area contributed by atoms with E-state index in [-0.39, 0.29) is 0 Å². The maximum absolute atomic E-state index is 2.44. The molecule has 11 aromatic carbocycles. The molecule has 64 heavy (non-hydrogen) atoms. The Morgan fingerprint density at radius 3 is 1.50 bits per heavy atom. The molecule has 0 spiro atoms. The van der Waals surface area contributed by atoms with E-state index in [9.17, 15) is 0 Å². The second-order valence-corrected chi connectivity index (χ2v) is 16.5. The number of para-hydroxylation sites is 2. The Kier molecular flexibility index (Phi) is 9.20. The number of fused-ring (bicyclic) bond motifs is 5. The third kappa shape index (κ3) is 6.52. The van der Waals surface area contributed by atoms with Gasteiger partial charge in [-0.25, -0.2) is 0 Å². The minimum atomic E-state index is 1.08. The third-order valence-electron chi connectivity index (χ3n) is 12.8. The van der Waals surface area contributed by atoms with Crippen LogP contribution in [0.4, 0.5) is 17.1 Å². The van der Waals surface area contributed by atoms with Crippen LogP contribution in [0.15, 0.2) is 255 Å². The molecule has 0 aliphatic heterocycles. The van der Waals surface area contributed by atoms with E-state index in [2.05, 4.69) is 264 Å². The summed E-state index contributed by atoms with van der Waals surface area (Å²) < 4.78 is 2.39. The van der Waals surface area contributed by atoms with Crippen molar-refractivity contribution >= 4 is 60.4 Å². The maximum atomic E-state index is 2.44. The second-order valence-electron chi connectivity index (χ2n) is 16.5. The van der Waals surface area contributed by atoms with E-state index < -0.39 is 0 Å². The molecule has 2 nitrogen and oxygen atoms in total. The molecular formula is C62H42N2. The molecule has 0 atom stereocenters. The predicted octanol–water partition coefficient (Wildman–Crippen LogP) is 17.2. The summed E-state index contributed by atoms with van der Waals surface area (Å²) in [5, 5.41) is 7.39. The largest absolute Gasteiger partial charge is 0.310 e. The fraction of sp³-hybridized carbons (Fsp3) is 0. The minimum absolute atomic E-state index is 1.08. The average molecular weight is 815 g/mol.